The van der Waals surface area contributed by atoms with Crippen LogP contribution in [0.5, 0.6) is 0 Å². The van der Waals surface area contributed by atoms with Crippen LogP contribution in [0.25, 0.3) is 22.2 Å². The van der Waals surface area contributed by atoms with E-state index in [-0.39, 0.29) is 11.6 Å². The number of aromatic nitrogens is 4. The van der Waals surface area contributed by atoms with Crippen LogP contribution in [-0.2, 0) is 7.05 Å². The van der Waals surface area contributed by atoms with Gasteiger partial charge in [-0.3, -0.25) is 9.78 Å². The van der Waals surface area contributed by atoms with Crippen molar-refractivity contribution in [2.24, 2.45) is 7.05 Å². The van der Waals surface area contributed by atoms with Crippen LogP contribution in [0.1, 0.15) is 39.3 Å². The molecular weight excluding hydrogens is 314 g/mol. The minimum absolute atomic E-state index is 0.111. The zero-order chi connectivity index (χ0) is 18.1. The number of hydrogen-bond donors (Lipinski definition) is 1. The summed E-state index contributed by atoms with van der Waals surface area (Å²) in [4.78, 5) is 26.1. The molecule has 1 N–H and O–H groups in total. The number of fused-ring (bicyclic) bond motifs is 1. The van der Waals surface area contributed by atoms with E-state index in [4.69, 9.17) is 0 Å². The predicted octanol–water partition coefficient (Wildman–Crippen LogP) is 3.33. The normalized spacial score (nSPS) is 11.5. The first-order chi connectivity index (χ1) is 11.9. The fraction of sp³-hybridized carbons (Fsp3) is 0.368. The largest absolute Gasteiger partial charge is 0.367 e. The van der Waals surface area contributed by atoms with Crippen LogP contribution in [0.3, 0.4) is 0 Å². The van der Waals surface area contributed by atoms with Gasteiger partial charge in [0.25, 0.3) is 5.56 Å². The Bertz CT molecular complexity index is 958. The van der Waals surface area contributed by atoms with Gasteiger partial charge in [-0.25, -0.2) is 9.97 Å². The van der Waals surface area contributed by atoms with Crippen LogP contribution in [0.2, 0.25) is 0 Å². The number of hydrogen-bond acceptors (Lipinski definition) is 5. The van der Waals surface area contributed by atoms with Crippen molar-refractivity contribution in [2.45, 2.75) is 39.7 Å². The first-order valence-electron chi connectivity index (χ1n) is 8.46. The Kier molecular flexibility index (Phi) is 4.53. The molecule has 3 rings (SSSR count). The van der Waals surface area contributed by atoms with E-state index in [0.29, 0.717) is 22.6 Å². The van der Waals surface area contributed by atoms with E-state index in [9.17, 15) is 4.79 Å². The van der Waals surface area contributed by atoms with E-state index >= 15 is 0 Å². The van der Waals surface area contributed by atoms with Crippen molar-refractivity contribution in [3.63, 3.8) is 0 Å². The standard InChI is InChI=1S/C19H23N5O/c1-11(2)14-7-6-13(9-20-14)15-8-16-17(18(23-15)22-12(3)4)19(25)24(5)10-21-16/h6-12H,1-5H3,(H,22,23). The summed E-state index contributed by atoms with van der Waals surface area (Å²) in [6, 6.07) is 6.02. The molecule has 0 aliphatic heterocycles. The Labute approximate surface area is 147 Å². The van der Waals surface area contributed by atoms with Crippen molar-refractivity contribution in [3.8, 4) is 11.3 Å². The second kappa shape index (κ2) is 6.63. The van der Waals surface area contributed by atoms with Crippen molar-refractivity contribution < 1.29 is 0 Å². The Morgan fingerprint density at radius 2 is 1.88 bits per heavy atom. The topological polar surface area (TPSA) is 72.7 Å². The fourth-order valence-electron chi connectivity index (χ4n) is 2.65. The number of anilines is 1. The molecule has 0 aliphatic carbocycles. The zero-order valence-electron chi connectivity index (χ0n) is 15.2. The summed E-state index contributed by atoms with van der Waals surface area (Å²) in [5.41, 5.74) is 3.21. The number of rotatable bonds is 4. The number of nitrogens with zero attached hydrogens (tertiary/aromatic N) is 4. The molecule has 0 aliphatic rings. The van der Waals surface area contributed by atoms with Gasteiger partial charge in [-0.05, 0) is 38.0 Å². The van der Waals surface area contributed by atoms with Crippen molar-refractivity contribution >= 4 is 16.7 Å². The van der Waals surface area contributed by atoms with E-state index in [1.54, 1.807) is 7.05 Å². The summed E-state index contributed by atoms with van der Waals surface area (Å²) in [5, 5.41) is 3.78. The average Bonchev–Trinajstić information content (AvgIpc) is 2.57. The predicted molar refractivity (Wildman–Crippen MR) is 101 cm³/mol. The Morgan fingerprint density at radius 3 is 2.48 bits per heavy atom. The van der Waals surface area contributed by atoms with Gasteiger partial charge in [-0.1, -0.05) is 13.8 Å². The molecule has 0 radical (unpaired) electrons. The molecule has 0 atom stereocenters. The number of nitrogens with one attached hydrogen (secondary N) is 1. The molecular formula is C19H23N5O. The summed E-state index contributed by atoms with van der Waals surface area (Å²) in [7, 11) is 1.69. The summed E-state index contributed by atoms with van der Waals surface area (Å²) < 4.78 is 1.47. The lowest BCUT2D eigenvalue weighted by Gasteiger charge is -2.14. The molecule has 3 aromatic heterocycles. The highest BCUT2D eigenvalue weighted by Crippen LogP contribution is 2.25. The first kappa shape index (κ1) is 17.1. The quantitative estimate of drug-likeness (QED) is 0.790. The van der Waals surface area contributed by atoms with Crippen LogP contribution in [0.4, 0.5) is 5.82 Å². The molecule has 6 heteroatoms. The third-order valence-electron chi connectivity index (χ3n) is 4.00. The monoisotopic (exact) mass is 337 g/mol. The summed E-state index contributed by atoms with van der Waals surface area (Å²) in [5.74, 6) is 0.936. The maximum Gasteiger partial charge on any atom is 0.264 e. The molecule has 0 saturated heterocycles. The van der Waals surface area contributed by atoms with Crippen molar-refractivity contribution in [2.75, 3.05) is 5.32 Å². The molecule has 0 aromatic carbocycles. The summed E-state index contributed by atoms with van der Waals surface area (Å²) >= 11 is 0. The molecule has 0 amide bonds. The lowest BCUT2D eigenvalue weighted by atomic mass is 10.1. The smallest absolute Gasteiger partial charge is 0.264 e. The highest BCUT2D eigenvalue weighted by atomic mass is 16.1. The second-order valence-corrected chi connectivity index (χ2v) is 6.84. The van der Waals surface area contributed by atoms with E-state index in [1.807, 2.05) is 38.2 Å². The molecule has 3 heterocycles. The van der Waals surface area contributed by atoms with Gasteiger partial charge in [0, 0.05) is 30.5 Å². The van der Waals surface area contributed by atoms with Crippen molar-refractivity contribution in [1.82, 2.24) is 19.5 Å². The molecule has 0 spiro atoms. The van der Waals surface area contributed by atoms with Gasteiger partial charge < -0.3 is 9.88 Å². The second-order valence-electron chi connectivity index (χ2n) is 6.84. The van der Waals surface area contributed by atoms with Gasteiger partial charge in [0.1, 0.15) is 11.2 Å². The molecule has 25 heavy (non-hydrogen) atoms. The molecule has 6 nitrogen and oxygen atoms in total. The first-order valence-corrected chi connectivity index (χ1v) is 8.46. The SMILES string of the molecule is CC(C)Nc1nc(-c2ccc(C(C)C)nc2)cc2ncn(C)c(=O)c12. The van der Waals surface area contributed by atoms with Gasteiger partial charge in [-0.2, -0.15) is 0 Å². The summed E-state index contributed by atoms with van der Waals surface area (Å²) in [6.07, 6.45) is 3.36. The van der Waals surface area contributed by atoms with E-state index in [0.717, 1.165) is 17.0 Å². The van der Waals surface area contributed by atoms with Crippen molar-refractivity contribution in [3.05, 3.63) is 46.8 Å². The Morgan fingerprint density at radius 1 is 1.12 bits per heavy atom. The van der Waals surface area contributed by atoms with E-state index < -0.39 is 0 Å². The molecule has 3 aromatic rings. The molecule has 0 saturated carbocycles. The highest BCUT2D eigenvalue weighted by Gasteiger charge is 2.14. The van der Waals surface area contributed by atoms with Crippen LogP contribution in [0, 0.1) is 0 Å². The Hall–Kier alpha value is -2.76. The van der Waals surface area contributed by atoms with Gasteiger partial charge in [0.15, 0.2) is 0 Å². The lowest BCUT2D eigenvalue weighted by Crippen LogP contribution is -2.21. The molecule has 0 fully saturated rings. The van der Waals surface area contributed by atoms with Gasteiger partial charge in [0.05, 0.1) is 17.5 Å². The molecule has 0 bridgehead atoms. The number of aryl methyl sites for hydroxylation is 1. The third-order valence-corrected chi connectivity index (χ3v) is 4.00. The van der Waals surface area contributed by atoms with Gasteiger partial charge >= 0.3 is 0 Å². The maximum atomic E-state index is 12.5. The lowest BCUT2D eigenvalue weighted by molar-refractivity contribution is 0.823. The van der Waals surface area contributed by atoms with Crippen molar-refractivity contribution in [1.29, 1.82) is 0 Å². The van der Waals surface area contributed by atoms with E-state index in [2.05, 4.69) is 34.1 Å². The van der Waals surface area contributed by atoms with Gasteiger partial charge in [0.2, 0.25) is 0 Å². The Balaban J connectivity index is 2.19. The maximum absolute atomic E-state index is 12.5. The zero-order valence-corrected chi connectivity index (χ0v) is 15.2. The van der Waals surface area contributed by atoms with E-state index in [1.165, 1.54) is 10.9 Å². The summed E-state index contributed by atoms with van der Waals surface area (Å²) in [6.45, 7) is 8.25. The highest BCUT2D eigenvalue weighted by molar-refractivity contribution is 5.91. The minimum atomic E-state index is -0.111. The minimum Gasteiger partial charge on any atom is -0.367 e. The van der Waals surface area contributed by atoms with Crippen LogP contribution < -0.4 is 10.9 Å². The molecule has 130 valence electrons. The van der Waals surface area contributed by atoms with Crippen LogP contribution in [0.15, 0.2) is 35.5 Å². The van der Waals surface area contributed by atoms with Crippen LogP contribution >= 0.6 is 0 Å². The third kappa shape index (κ3) is 3.38. The van der Waals surface area contributed by atoms with Crippen LogP contribution in [-0.4, -0.2) is 25.6 Å². The van der Waals surface area contributed by atoms with Gasteiger partial charge in [-0.15, -0.1) is 0 Å². The average molecular weight is 337 g/mol. The fourth-order valence-corrected chi connectivity index (χ4v) is 2.65. The number of pyridine rings is 2. The molecule has 0 unspecified atom stereocenters.